The molecule has 1 N–H and O–H groups in total. The number of hydrogen-bond donors (Lipinski definition) is 1. The molecule has 0 aromatic heterocycles. The number of aliphatic hydroxyl groups is 1. The van der Waals surface area contributed by atoms with Gasteiger partial charge in [-0.2, -0.15) is 0 Å². The molecule has 0 atom stereocenters. The molecule has 0 fully saturated rings. The van der Waals surface area contributed by atoms with Crippen LogP contribution in [0.5, 0.6) is 5.75 Å². The highest BCUT2D eigenvalue weighted by atomic mass is 16.5. The zero-order chi connectivity index (χ0) is 12.1. The summed E-state index contributed by atoms with van der Waals surface area (Å²) in [5, 5.41) is 8.78. The molecule has 0 radical (unpaired) electrons. The number of rotatable bonds is 5. The second-order valence-electron chi connectivity index (χ2n) is 4.32. The lowest BCUT2D eigenvalue weighted by atomic mass is 9.95. The van der Waals surface area contributed by atoms with Crippen molar-refractivity contribution >= 4 is 0 Å². The predicted octanol–water partition coefficient (Wildman–Crippen LogP) is 2.94. The summed E-state index contributed by atoms with van der Waals surface area (Å²) in [5.74, 6) is 1.00. The summed E-state index contributed by atoms with van der Waals surface area (Å²) in [7, 11) is 1.72. The molecular formula is C14H22O2. The van der Waals surface area contributed by atoms with E-state index in [9.17, 15) is 0 Å². The van der Waals surface area contributed by atoms with Crippen molar-refractivity contribution < 1.29 is 9.84 Å². The summed E-state index contributed by atoms with van der Waals surface area (Å²) in [5.41, 5.74) is 5.13. The number of methoxy groups -OCH3 is 1. The van der Waals surface area contributed by atoms with Crippen molar-refractivity contribution in [3.8, 4) is 5.75 Å². The summed E-state index contributed by atoms with van der Waals surface area (Å²) in [6.07, 6.45) is 2.96. The highest BCUT2D eigenvalue weighted by Crippen LogP contribution is 2.29. The van der Waals surface area contributed by atoms with Crippen LogP contribution in [0.3, 0.4) is 0 Å². The molecule has 0 unspecified atom stereocenters. The molecule has 1 aromatic rings. The van der Waals surface area contributed by atoms with Gasteiger partial charge in [-0.3, -0.25) is 0 Å². The summed E-state index contributed by atoms with van der Waals surface area (Å²) >= 11 is 0. The Morgan fingerprint density at radius 2 is 1.81 bits per heavy atom. The molecule has 0 spiro atoms. The monoisotopic (exact) mass is 222 g/mol. The molecule has 0 bridgehead atoms. The molecule has 0 aliphatic carbocycles. The van der Waals surface area contributed by atoms with Gasteiger partial charge in [-0.05, 0) is 62.3 Å². The molecule has 0 saturated heterocycles. The predicted molar refractivity (Wildman–Crippen MR) is 67.2 cm³/mol. The minimum atomic E-state index is 0.285. The highest BCUT2D eigenvalue weighted by molar-refractivity contribution is 5.48. The van der Waals surface area contributed by atoms with Gasteiger partial charge in [0.15, 0.2) is 0 Å². The molecule has 0 saturated carbocycles. The third-order valence-corrected chi connectivity index (χ3v) is 3.19. The second-order valence-corrected chi connectivity index (χ2v) is 4.32. The normalized spacial score (nSPS) is 10.6. The Kier molecular flexibility index (Phi) is 4.81. The lowest BCUT2D eigenvalue weighted by Crippen LogP contribution is -1.99. The molecule has 0 heterocycles. The first-order valence-corrected chi connectivity index (χ1v) is 5.86. The summed E-state index contributed by atoms with van der Waals surface area (Å²) in [6.45, 7) is 6.62. The van der Waals surface area contributed by atoms with Crippen LogP contribution in [-0.2, 0) is 6.42 Å². The number of hydrogen-bond acceptors (Lipinski definition) is 2. The Morgan fingerprint density at radius 1 is 1.12 bits per heavy atom. The molecule has 1 aromatic carbocycles. The van der Waals surface area contributed by atoms with Crippen molar-refractivity contribution in [2.45, 2.75) is 40.0 Å². The van der Waals surface area contributed by atoms with Gasteiger partial charge in [0, 0.05) is 6.61 Å². The van der Waals surface area contributed by atoms with E-state index < -0.39 is 0 Å². The molecule has 1 rings (SSSR count). The van der Waals surface area contributed by atoms with E-state index in [0.29, 0.717) is 0 Å². The van der Waals surface area contributed by atoms with Crippen LogP contribution in [0.15, 0.2) is 6.07 Å². The Balaban J connectivity index is 2.94. The fourth-order valence-electron chi connectivity index (χ4n) is 2.14. The quantitative estimate of drug-likeness (QED) is 0.776. The molecular weight excluding hydrogens is 200 g/mol. The minimum absolute atomic E-state index is 0.285. The van der Waals surface area contributed by atoms with Crippen molar-refractivity contribution in [3.05, 3.63) is 28.3 Å². The fourth-order valence-corrected chi connectivity index (χ4v) is 2.14. The van der Waals surface area contributed by atoms with E-state index in [1.54, 1.807) is 7.11 Å². The van der Waals surface area contributed by atoms with Gasteiger partial charge < -0.3 is 9.84 Å². The van der Waals surface area contributed by atoms with Crippen molar-refractivity contribution in [3.63, 3.8) is 0 Å². The summed E-state index contributed by atoms with van der Waals surface area (Å²) in [6, 6.07) is 2.21. The van der Waals surface area contributed by atoms with Crippen LogP contribution in [0.1, 0.15) is 35.1 Å². The molecule has 0 aliphatic rings. The van der Waals surface area contributed by atoms with Crippen molar-refractivity contribution in [1.82, 2.24) is 0 Å². The smallest absolute Gasteiger partial charge is 0.124 e. The Labute approximate surface area is 98.3 Å². The van der Waals surface area contributed by atoms with Gasteiger partial charge in [0.25, 0.3) is 0 Å². The van der Waals surface area contributed by atoms with Crippen LogP contribution >= 0.6 is 0 Å². The van der Waals surface area contributed by atoms with Crippen molar-refractivity contribution in [2.24, 2.45) is 0 Å². The van der Waals surface area contributed by atoms with E-state index in [4.69, 9.17) is 9.84 Å². The summed E-state index contributed by atoms with van der Waals surface area (Å²) < 4.78 is 5.40. The van der Waals surface area contributed by atoms with Gasteiger partial charge in [-0.15, -0.1) is 0 Å². The van der Waals surface area contributed by atoms with E-state index in [1.165, 1.54) is 22.3 Å². The van der Waals surface area contributed by atoms with Gasteiger partial charge in [0.05, 0.1) is 7.11 Å². The zero-order valence-electron chi connectivity index (χ0n) is 10.8. The van der Waals surface area contributed by atoms with Crippen LogP contribution in [0.2, 0.25) is 0 Å². The zero-order valence-corrected chi connectivity index (χ0v) is 10.8. The van der Waals surface area contributed by atoms with E-state index in [-0.39, 0.29) is 6.61 Å². The van der Waals surface area contributed by atoms with E-state index in [2.05, 4.69) is 26.8 Å². The molecule has 90 valence electrons. The average molecular weight is 222 g/mol. The van der Waals surface area contributed by atoms with Gasteiger partial charge >= 0.3 is 0 Å². The van der Waals surface area contributed by atoms with Crippen LogP contribution in [-0.4, -0.2) is 18.8 Å². The van der Waals surface area contributed by atoms with E-state index >= 15 is 0 Å². The maximum atomic E-state index is 8.78. The lowest BCUT2D eigenvalue weighted by Gasteiger charge is -2.15. The lowest BCUT2D eigenvalue weighted by molar-refractivity contribution is 0.284. The highest BCUT2D eigenvalue weighted by Gasteiger charge is 2.09. The first kappa shape index (κ1) is 13.0. The third-order valence-electron chi connectivity index (χ3n) is 3.19. The summed E-state index contributed by atoms with van der Waals surface area (Å²) in [4.78, 5) is 0. The molecule has 0 aliphatic heterocycles. The number of aliphatic hydroxyl groups excluding tert-OH is 1. The van der Waals surface area contributed by atoms with Crippen molar-refractivity contribution in [2.75, 3.05) is 13.7 Å². The van der Waals surface area contributed by atoms with Crippen molar-refractivity contribution in [1.29, 1.82) is 0 Å². The van der Waals surface area contributed by atoms with Gasteiger partial charge in [0.1, 0.15) is 5.75 Å². The SMILES string of the molecule is COc1c(C)cc(CCCCO)c(C)c1C. The van der Waals surface area contributed by atoms with Crippen LogP contribution < -0.4 is 4.74 Å². The van der Waals surface area contributed by atoms with Gasteiger partial charge in [0.2, 0.25) is 0 Å². The number of benzene rings is 1. The fraction of sp³-hybridized carbons (Fsp3) is 0.571. The molecule has 0 amide bonds. The number of unbranched alkanes of at least 4 members (excludes halogenated alkanes) is 1. The van der Waals surface area contributed by atoms with Gasteiger partial charge in [-0.25, -0.2) is 0 Å². The third kappa shape index (κ3) is 2.76. The van der Waals surface area contributed by atoms with E-state index in [0.717, 1.165) is 25.0 Å². The second kappa shape index (κ2) is 5.90. The molecule has 2 nitrogen and oxygen atoms in total. The Morgan fingerprint density at radius 3 is 2.38 bits per heavy atom. The van der Waals surface area contributed by atoms with Crippen LogP contribution in [0.25, 0.3) is 0 Å². The van der Waals surface area contributed by atoms with Gasteiger partial charge in [-0.1, -0.05) is 6.07 Å². The molecule has 16 heavy (non-hydrogen) atoms. The first-order chi connectivity index (χ1) is 7.61. The van der Waals surface area contributed by atoms with E-state index in [1.807, 2.05) is 0 Å². The first-order valence-electron chi connectivity index (χ1n) is 5.86. The Hall–Kier alpha value is -1.02. The topological polar surface area (TPSA) is 29.5 Å². The largest absolute Gasteiger partial charge is 0.496 e. The van der Waals surface area contributed by atoms with Crippen LogP contribution in [0, 0.1) is 20.8 Å². The number of aryl methyl sites for hydroxylation is 2. The number of ether oxygens (including phenoxy) is 1. The van der Waals surface area contributed by atoms with Crippen LogP contribution in [0.4, 0.5) is 0 Å². The molecule has 2 heteroatoms. The standard InChI is InChI=1S/C14H22O2/c1-10-9-13(7-5-6-8-15)11(2)12(3)14(10)16-4/h9,15H,5-8H2,1-4H3. The Bertz CT molecular complexity index is 356. The average Bonchev–Trinajstić information content (AvgIpc) is 2.26. The maximum absolute atomic E-state index is 8.78. The minimum Gasteiger partial charge on any atom is -0.496 e. The maximum Gasteiger partial charge on any atom is 0.124 e.